The van der Waals surface area contributed by atoms with Crippen LogP contribution in [0.1, 0.15) is 16.7 Å². The van der Waals surface area contributed by atoms with Gasteiger partial charge in [0.2, 0.25) is 0 Å². The van der Waals surface area contributed by atoms with Gasteiger partial charge in [0, 0.05) is 6.42 Å². The summed E-state index contributed by atoms with van der Waals surface area (Å²) in [5.74, 6) is 0.227. The molecule has 1 aromatic rings. The molecule has 0 amide bonds. The van der Waals surface area contributed by atoms with Gasteiger partial charge in [-0.15, -0.1) is 0 Å². The van der Waals surface area contributed by atoms with Crippen LogP contribution in [0.15, 0.2) is 18.2 Å². The van der Waals surface area contributed by atoms with E-state index in [0.717, 1.165) is 5.56 Å². The molecule has 0 fully saturated rings. The van der Waals surface area contributed by atoms with Crippen molar-refractivity contribution >= 4 is 21.7 Å². The summed E-state index contributed by atoms with van der Waals surface area (Å²) in [5.41, 5.74) is 3.55. The summed E-state index contributed by atoms with van der Waals surface area (Å²) in [4.78, 5) is 11.2. The van der Waals surface area contributed by atoms with Gasteiger partial charge in [-0.3, -0.25) is 4.79 Å². The first-order valence-electron chi connectivity index (χ1n) is 4.26. The summed E-state index contributed by atoms with van der Waals surface area (Å²) in [6.07, 6.45) is 0.535. The zero-order chi connectivity index (χ0) is 9.84. The van der Waals surface area contributed by atoms with E-state index in [-0.39, 0.29) is 5.78 Å². The van der Waals surface area contributed by atoms with Crippen molar-refractivity contribution in [3.63, 3.8) is 0 Å². The van der Waals surface area contributed by atoms with E-state index < -0.39 is 0 Å². The van der Waals surface area contributed by atoms with Crippen LogP contribution in [-0.4, -0.2) is 11.1 Å². The van der Waals surface area contributed by atoms with Crippen molar-refractivity contribution in [2.45, 2.75) is 20.3 Å². The average molecular weight is 241 g/mol. The number of carbonyl (C=O) groups excluding carboxylic acids is 1. The second-order valence-corrected chi connectivity index (χ2v) is 3.91. The van der Waals surface area contributed by atoms with Gasteiger partial charge >= 0.3 is 0 Å². The number of halogens is 1. The molecule has 13 heavy (non-hydrogen) atoms. The molecule has 0 saturated heterocycles. The lowest BCUT2D eigenvalue weighted by molar-refractivity contribution is -0.115. The zero-order valence-electron chi connectivity index (χ0n) is 7.93. The van der Waals surface area contributed by atoms with E-state index in [1.54, 1.807) is 0 Å². The van der Waals surface area contributed by atoms with Crippen LogP contribution in [-0.2, 0) is 11.2 Å². The normalized spacial score (nSPS) is 10.1. The second kappa shape index (κ2) is 4.56. The lowest BCUT2D eigenvalue weighted by Crippen LogP contribution is -2.03. The van der Waals surface area contributed by atoms with E-state index in [1.165, 1.54) is 11.1 Å². The van der Waals surface area contributed by atoms with Crippen LogP contribution in [0.25, 0.3) is 0 Å². The smallest absolute Gasteiger partial charge is 0.147 e. The predicted molar refractivity (Wildman–Crippen MR) is 58.4 cm³/mol. The molecule has 0 spiro atoms. The Balaban J connectivity index is 2.83. The number of carbonyl (C=O) groups is 1. The van der Waals surface area contributed by atoms with Crippen molar-refractivity contribution in [2.75, 3.05) is 5.33 Å². The number of benzene rings is 1. The van der Waals surface area contributed by atoms with Gasteiger partial charge in [-0.1, -0.05) is 45.3 Å². The van der Waals surface area contributed by atoms with Gasteiger partial charge in [-0.25, -0.2) is 0 Å². The standard InChI is InChI=1S/C11H13BrO/c1-8-3-9(2)5-10(4-8)6-11(13)7-12/h3-5H,6-7H2,1-2H3. The van der Waals surface area contributed by atoms with Gasteiger partial charge in [-0.2, -0.15) is 0 Å². The molecule has 1 rings (SSSR count). The predicted octanol–water partition coefficient (Wildman–Crippen LogP) is 2.81. The van der Waals surface area contributed by atoms with Crippen molar-refractivity contribution in [1.82, 2.24) is 0 Å². The molecular weight excluding hydrogens is 228 g/mol. The molecule has 1 nitrogen and oxygen atoms in total. The number of alkyl halides is 1. The SMILES string of the molecule is Cc1cc(C)cc(CC(=O)CBr)c1. The van der Waals surface area contributed by atoms with Crippen LogP contribution >= 0.6 is 15.9 Å². The molecule has 0 unspecified atom stereocenters. The minimum absolute atomic E-state index is 0.227. The summed E-state index contributed by atoms with van der Waals surface area (Å²) in [6, 6.07) is 6.24. The number of rotatable bonds is 3. The highest BCUT2D eigenvalue weighted by Gasteiger charge is 2.02. The summed E-state index contributed by atoms with van der Waals surface area (Å²) in [5, 5.41) is 0.444. The van der Waals surface area contributed by atoms with Crippen LogP contribution in [0.5, 0.6) is 0 Å². The number of hydrogen-bond acceptors (Lipinski definition) is 1. The quantitative estimate of drug-likeness (QED) is 0.743. The Labute approximate surface area is 87.3 Å². The monoisotopic (exact) mass is 240 g/mol. The van der Waals surface area contributed by atoms with Gasteiger partial charge in [-0.05, 0) is 19.4 Å². The van der Waals surface area contributed by atoms with Crippen LogP contribution in [0, 0.1) is 13.8 Å². The lowest BCUT2D eigenvalue weighted by Gasteiger charge is -2.02. The largest absolute Gasteiger partial charge is 0.298 e. The maximum absolute atomic E-state index is 11.2. The molecule has 0 aliphatic rings. The van der Waals surface area contributed by atoms with Crippen LogP contribution in [0.4, 0.5) is 0 Å². The molecule has 1 aromatic carbocycles. The highest BCUT2D eigenvalue weighted by molar-refractivity contribution is 9.09. The highest BCUT2D eigenvalue weighted by atomic mass is 79.9. The van der Waals surface area contributed by atoms with Crippen LogP contribution in [0.3, 0.4) is 0 Å². The molecular formula is C11H13BrO. The fraction of sp³-hybridized carbons (Fsp3) is 0.364. The molecule has 0 bridgehead atoms. The Bertz CT molecular complexity index is 298. The van der Waals surface area contributed by atoms with E-state index >= 15 is 0 Å². The zero-order valence-corrected chi connectivity index (χ0v) is 9.52. The third-order valence-corrected chi connectivity index (χ3v) is 2.46. The molecule has 0 aromatic heterocycles. The van der Waals surface area contributed by atoms with Crippen molar-refractivity contribution in [3.05, 3.63) is 34.9 Å². The van der Waals surface area contributed by atoms with Gasteiger partial charge in [0.25, 0.3) is 0 Å². The molecule has 2 heteroatoms. The van der Waals surface area contributed by atoms with Gasteiger partial charge in [0.1, 0.15) is 5.78 Å². The Morgan fingerprint density at radius 2 is 1.77 bits per heavy atom. The third-order valence-electron chi connectivity index (χ3n) is 1.83. The number of ketones is 1. The first-order valence-corrected chi connectivity index (χ1v) is 5.39. The second-order valence-electron chi connectivity index (χ2n) is 3.35. The number of hydrogen-bond donors (Lipinski definition) is 0. The molecule has 0 saturated carbocycles. The van der Waals surface area contributed by atoms with E-state index in [2.05, 4.69) is 48.0 Å². The minimum atomic E-state index is 0.227. The average Bonchev–Trinajstić information content (AvgIpc) is 2.02. The Kier molecular flexibility index (Phi) is 3.67. The minimum Gasteiger partial charge on any atom is -0.298 e. The summed E-state index contributed by atoms with van der Waals surface area (Å²) in [6.45, 7) is 4.10. The lowest BCUT2D eigenvalue weighted by atomic mass is 10.0. The van der Waals surface area contributed by atoms with Crippen molar-refractivity contribution in [2.24, 2.45) is 0 Å². The maximum Gasteiger partial charge on any atom is 0.147 e. The van der Waals surface area contributed by atoms with Crippen molar-refractivity contribution in [1.29, 1.82) is 0 Å². The topological polar surface area (TPSA) is 17.1 Å². The van der Waals surface area contributed by atoms with Gasteiger partial charge in [0.15, 0.2) is 0 Å². The van der Waals surface area contributed by atoms with E-state index in [4.69, 9.17) is 0 Å². The van der Waals surface area contributed by atoms with Crippen LogP contribution < -0.4 is 0 Å². The first kappa shape index (κ1) is 10.5. The fourth-order valence-electron chi connectivity index (χ4n) is 1.45. The van der Waals surface area contributed by atoms with Gasteiger partial charge in [0.05, 0.1) is 5.33 Å². The van der Waals surface area contributed by atoms with Crippen molar-refractivity contribution in [3.8, 4) is 0 Å². The molecule has 0 radical (unpaired) electrons. The summed E-state index contributed by atoms with van der Waals surface area (Å²) < 4.78 is 0. The van der Waals surface area contributed by atoms with E-state index in [1.807, 2.05) is 0 Å². The molecule has 0 N–H and O–H groups in total. The van der Waals surface area contributed by atoms with Gasteiger partial charge < -0.3 is 0 Å². The number of Topliss-reactive ketones (excluding diaryl/α,β-unsaturated/α-hetero) is 1. The molecule has 0 atom stereocenters. The summed E-state index contributed by atoms with van der Waals surface area (Å²) in [7, 11) is 0. The molecule has 70 valence electrons. The first-order chi connectivity index (χ1) is 6.11. The molecule has 0 aliphatic carbocycles. The highest BCUT2D eigenvalue weighted by Crippen LogP contribution is 2.10. The Hall–Kier alpha value is -0.630. The molecule has 0 aliphatic heterocycles. The maximum atomic E-state index is 11.2. The fourth-order valence-corrected chi connectivity index (χ4v) is 1.64. The van der Waals surface area contributed by atoms with Crippen LogP contribution in [0.2, 0.25) is 0 Å². The number of aryl methyl sites for hydroxylation is 2. The Morgan fingerprint density at radius 3 is 2.23 bits per heavy atom. The summed E-state index contributed by atoms with van der Waals surface area (Å²) >= 11 is 3.16. The van der Waals surface area contributed by atoms with E-state index in [0.29, 0.717) is 11.8 Å². The third kappa shape index (κ3) is 3.31. The van der Waals surface area contributed by atoms with E-state index in [9.17, 15) is 4.79 Å². The molecule has 0 heterocycles. The Morgan fingerprint density at radius 1 is 1.23 bits per heavy atom. The van der Waals surface area contributed by atoms with Crippen molar-refractivity contribution < 1.29 is 4.79 Å².